The summed E-state index contributed by atoms with van der Waals surface area (Å²) in [6, 6.07) is 13.3. The van der Waals surface area contributed by atoms with Gasteiger partial charge in [0, 0.05) is 25.1 Å². The third-order valence-corrected chi connectivity index (χ3v) is 5.69. The van der Waals surface area contributed by atoms with Crippen LogP contribution in [0.5, 0.6) is 5.75 Å². The molecule has 4 rings (SSSR count). The molecule has 1 unspecified atom stereocenters. The van der Waals surface area contributed by atoms with Crippen molar-refractivity contribution in [2.45, 2.75) is 38.5 Å². The van der Waals surface area contributed by atoms with Crippen LogP contribution < -0.4 is 15.4 Å². The smallest absolute Gasteiger partial charge is 0.251 e. The molecule has 0 spiro atoms. The third kappa shape index (κ3) is 4.54. The highest BCUT2D eigenvalue weighted by molar-refractivity contribution is 5.82. The van der Waals surface area contributed by atoms with Crippen LogP contribution in [0.25, 0.3) is 11.1 Å². The zero-order chi connectivity index (χ0) is 21.8. The number of hydrogen-bond acceptors (Lipinski definition) is 6. The number of nitrogens with one attached hydrogen (secondary N) is 2. The van der Waals surface area contributed by atoms with Crippen LogP contribution in [-0.2, 0) is 22.6 Å². The highest BCUT2D eigenvalue weighted by atomic mass is 16.5. The maximum atomic E-state index is 12.5. The van der Waals surface area contributed by atoms with E-state index in [9.17, 15) is 15.3 Å². The van der Waals surface area contributed by atoms with E-state index in [1.807, 2.05) is 31.2 Å². The van der Waals surface area contributed by atoms with Gasteiger partial charge in [0.05, 0.1) is 17.7 Å². The van der Waals surface area contributed by atoms with Crippen molar-refractivity contribution in [3.63, 3.8) is 0 Å². The first-order chi connectivity index (χ1) is 15.1. The molecule has 2 aliphatic heterocycles. The first kappa shape index (κ1) is 20.9. The molecule has 1 saturated heterocycles. The Kier molecular flexibility index (Phi) is 6.18. The van der Waals surface area contributed by atoms with Crippen molar-refractivity contribution in [2.75, 3.05) is 19.7 Å². The second-order valence-corrected chi connectivity index (χ2v) is 7.86. The number of carbonyl (C=O) groups excluding carboxylic acids is 1. The van der Waals surface area contributed by atoms with Crippen LogP contribution in [0, 0.1) is 29.6 Å². The first-order valence-electron chi connectivity index (χ1n) is 10.4. The number of rotatable bonds is 4. The van der Waals surface area contributed by atoms with Gasteiger partial charge in [-0.25, -0.2) is 0 Å². The molecule has 2 aromatic rings. The average Bonchev–Trinajstić information content (AvgIpc) is 3.08. The SMILES string of the molecule is Cc1cc2c(cc1CC(C#N)NC(=O)[C@@H]1CNCCCO1)OCc1ccc(C#N)cc1-2. The molecule has 7 heteroatoms. The Morgan fingerprint density at radius 1 is 1.29 bits per heavy atom. The topological polar surface area (TPSA) is 107 Å². The number of aryl methyl sites for hydroxylation is 1. The minimum Gasteiger partial charge on any atom is -0.488 e. The average molecular weight is 416 g/mol. The summed E-state index contributed by atoms with van der Waals surface area (Å²) < 4.78 is 11.5. The Morgan fingerprint density at radius 2 is 2.16 bits per heavy atom. The van der Waals surface area contributed by atoms with Crippen LogP contribution in [0.1, 0.15) is 28.7 Å². The molecule has 2 aliphatic rings. The second kappa shape index (κ2) is 9.18. The molecule has 158 valence electrons. The molecule has 2 N–H and O–H groups in total. The van der Waals surface area contributed by atoms with Gasteiger partial charge in [-0.05, 0) is 66.4 Å². The monoisotopic (exact) mass is 416 g/mol. The van der Waals surface area contributed by atoms with Gasteiger partial charge in [-0.3, -0.25) is 4.79 Å². The predicted octanol–water partition coefficient (Wildman–Crippen LogP) is 2.36. The fraction of sp³-hybridized carbons (Fsp3) is 0.375. The zero-order valence-electron chi connectivity index (χ0n) is 17.4. The maximum absolute atomic E-state index is 12.5. The van der Waals surface area contributed by atoms with E-state index < -0.39 is 12.1 Å². The molecular weight excluding hydrogens is 392 g/mol. The minimum atomic E-state index is -0.669. The number of nitrogens with zero attached hydrogens (tertiary/aromatic N) is 2. The van der Waals surface area contributed by atoms with Crippen LogP contribution in [0.15, 0.2) is 30.3 Å². The van der Waals surface area contributed by atoms with E-state index >= 15 is 0 Å². The zero-order valence-corrected chi connectivity index (χ0v) is 17.4. The Hall–Kier alpha value is -3.39. The van der Waals surface area contributed by atoms with E-state index in [2.05, 4.69) is 22.8 Å². The lowest BCUT2D eigenvalue weighted by Crippen LogP contribution is -2.46. The van der Waals surface area contributed by atoms with Crippen molar-refractivity contribution >= 4 is 5.91 Å². The molecule has 0 bridgehead atoms. The van der Waals surface area contributed by atoms with Crippen LogP contribution in [-0.4, -0.2) is 37.7 Å². The molecule has 0 aliphatic carbocycles. The first-order valence-corrected chi connectivity index (χ1v) is 10.4. The van der Waals surface area contributed by atoms with Crippen molar-refractivity contribution in [1.29, 1.82) is 10.5 Å². The fourth-order valence-electron chi connectivity index (χ4n) is 3.95. The lowest BCUT2D eigenvalue weighted by molar-refractivity contribution is -0.132. The van der Waals surface area contributed by atoms with E-state index in [-0.39, 0.29) is 5.91 Å². The van der Waals surface area contributed by atoms with Gasteiger partial charge >= 0.3 is 0 Å². The van der Waals surface area contributed by atoms with Gasteiger partial charge in [0.25, 0.3) is 5.91 Å². The quantitative estimate of drug-likeness (QED) is 0.792. The summed E-state index contributed by atoms with van der Waals surface area (Å²) >= 11 is 0. The molecule has 7 nitrogen and oxygen atoms in total. The summed E-state index contributed by atoms with van der Waals surface area (Å²) in [7, 11) is 0. The van der Waals surface area contributed by atoms with Gasteiger partial charge in [-0.1, -0.05) is 6.07 Å². The third-order valence-electron chi connectivity index (χ3n) is 5.69. The number of amides is 1. The number of carbonyl (C=O) groups is 1. The van der Waals surface area contributed by atoms with Crippen molar-refractivity contribution in [1.82, 2.24) is 10.6 Å². The Morgan fingerprint density at radius 3 is 2.97 bits per heavy atom. The van der Waals surface area contributed by atoms with Crippen LogP contribution >= 0.6 is 0 Å². The van der Waals surface area contributed by atoms with Crippen LogP contribution in [0.2, 0.25) is 0 Å². The van der Waals surface area contributed by atoms with Crippen molar-refractivity contribution in [3.05, 3.63) is 52.6 Å². The highest BCUT2D eigenvalue weighted by Crippen LogP contribution is 2.39. The van der Waals surface area contributed by atoms with Gasteiger partial charge in [-0.2, -0.15) is 10.5 Å². The standard InChI is InChI=1S/C24H24N4O3/c1-15-7-21-20-8-16(11-25)3-4-17(20)14-31-22(21)10-18(15)9-19(12-26)28-24(29)23-13-27-5-2-6-30-23/h3-4,7-8,10,19,23,27H,2,5-6,9,13-14H2,1H3,(H,28,29)/t19?,23-/m0/s1. The number of fused-ring (bicyclic) bond motifs is 3. The van der Waals surface area contributed by atoms with Crippen LogP contribution in [0.4, 0.5) is 0 Å². The lowest BCUT2D eigenvalue weighted by atomic mass is 9.91. The Labute approximate surface area is 181 Å². The Bertz CT molecular complexity index is 1080. The molecule has 0 saturated carbocycles. The van der Waals surface area contributed by atoms with Gasteiger partial charge in [-0.15, -0.1) is 0 Å². The minimum absolute atomic E-state index is 0.272. The molecule has 2 atom stereocenters. The van der Waals surface area contributed by atoms with Gasteiger partial charge < -0.3 is 20.1 Å². The van der Waals surface area contributed by atoms with Gasteiger partial charge in [0.1, 0.15) is 24.5 Å². The van der Waals surface area contributed by atoms with Gasteiger partial charge in [0.2, 0.25) is 0 Å². The molecule has 31 heavy (non-hydrogen) atoms. The van der Waals surface area contributed by atoms with Gasteiger partial charge in [0.15, 0.2) is 0 Å². The van der Waals surface area contributed by atoms with E-state index in [0.717, 1.165) is 46.5 Å². The molecular formula is C24H24N4O3. The molecule has 1 fully saturated rings. The molecule has 0 aromatic heterocycles. The van der Waals surface area contributed by atoms with E-state index in [1.165, 1.54) is 0 Å². The summed E-state index contributed by atoms with van der Waals surface area (Å²) in [5, 5.41) is 24.8. The molecule has 0 radical (unpaired) electrons. The number of nitriles is 2. The van der Waals surface area contributed by atoms with E-state index in [0.29, 0.717) is 31.7 Å². The number of ether oxygens (including phenoxy) is 2. The number of hydrogen-bond donors (Lipinski definition) is 2. The summed E-state index contributed by atoms with van der Waals surface area (Å²) in [5.41, 5.74) is 5.52. The number of benzene rings is 2. The summed E-state index contributed by atoms with van der Waals surface area (Å²) in [5.74, 6) is 0.452. The Balaban J connectivity index is 1.53. The van der Waals surface area contributed by atoms with Crippen molar-refractivity contribution in [3.8, 4) is 29.0 Å². The van der Waals surface area contributed by atoms with Crippen LogP contribution in [0.3, 0.4) is 0 Å². The molecule has 2 heterocycles. The maximum Gasteiger partial charge on any atom is 0.251 e. The van der Waals surface area contributed by atoms with Crippen molar-refractivity contribution in [2.24, 2.45) is 0 Å². The van der Waals surface area contributed by atoms with E-state index in [4.69, 9.17) is 9.47 Å². The van der Waals surface area contributed by atoms with Crippen molar-refractivity contribution < 1.29 is 14.3 Å². The summed E-state index contributed by atoms with van der Waals surface area (Å²) in [6.45, 7) is 4.20. The van der Waals surface area contributed by atoms with E-state index in [1.54, 1.807) is 6.07 Å². The fourth-order valence-corrected chi connectivity index (χ4v) is 3.95. The predicted molar refractivity (Wildman–Crippen MR) is 114 cm³/mol. The normalized spacial score (nSPS) is 18.2. The second-order valence-electron chi connectivity index (χ2n) is 7.86. The summed E-state index contributed by atoms with van der Waals surface area (Å²) in [6.07, 6.45) is 0.645. The summed E-state index contributed by atoms with van der Waals surface area (Å²) in [4.78, 5) is 12.5. The molecule has 1 amide bonds. The highest BCUT2D eigenvalue weighted by Gasteiger charge is 2.25. The lowest BCUT2D eigenvalue weighted by Gasteiger charge is -2.24. The largest absolute Gasteiger partial charge is 0.488 e. The molecule has 2 aromatic carbocycles.